The van der Waals surface area contributed by atoms with Gasteiger partial charge < -0.3 is 4.57 Å². The topological polar surface area (TPSA) is 17.8 Å². The van der Waals surface area contributed by atoms with Crippen LogP contribution in [0.2, 0.25) is 0 Å². The normalized spacial score (nSPS) is 11.5. The van der Waals surface area contributed by atoms with E-state index in [-0.39, 0.29) is 0 Å². The minimum absolute atomic E-state index is 1.02. The zero-order valence-corrected chi connectivity index (χ0v) is 28.5. The third kappa shape index (κ3) is 7.29. The number of pyridine rings is 1. The second-order valence-electron chi connectivity index (χ2n) is 13.4. The lowest BCUT2D eigenvalue weighted by molar-refractivity contribution is 0.676. The summed E-state index contributed by atoms with van der Waals surface area (Å²) in [6.07, 6.45) is 9.24. The summed E-state index contributed by atoms with van der Waals surface area (Å²) in [6, 6.07) is 49.1. The number of aromatic nitrogens is 2. The van der Waals surface area contributed by atoms with Gasteiger partial charge in [-0.15, -0.1) is 0 Å². The number of hydrogen-bond acceptors (Lipinski definition) is 1. The fourth-order valence-corrected chi connectivity index (χ4v) is 7.16. The van der Waals surface area contributed by atoms with E-state index in [0.29, 0.717) is 0 Å². The molecule has 0 saturated carbocycles. The Bertz CT molecular complexity index is 2060. The summed E-state index contributed by atoms with van der Waals surface area (Å²) >= 11 is 0. The van der Waals surface area contributed by atoms with Crippen molar-refractivity contribution in [1.29, 1.82) is 0 Å². The van der Waals surface area contributed by atoms with Crippen molar-refractivity contribution in [2.45, 2.75) is 71.8 Å². The standard InChI is InChI=1S/C46H46N2/c1-3-4-12-36-31-37(33-38(32-36)15-11-30-48-45-20-7-5-16-41(45)42-17-6-8-21-46(42)48)14-9-13-35-24-28-40(29-25-35)44-19-10-18-43(47-44)39-26-22-34(2)23-27-39/h5-8,10,16-29,31-33H,3-4,9,11-15,30H2,1-2H3. The van der Waals surface area contributed by atoms with Gasteiger partial charge in [-0.1, -0.05) is 128 Å². The van der Waals surface area contributed by atoms with Crippen molar-refractivity contribution >= 4 is 21.8 Å². The molecule has 2 heteroatoms. The lowest BCUT2D eigenvalue weighted by atomic mass is 9.95. The summed E-state index contributed by atoms with van der Waals surface area (Å²) in [5.41, 5.74) is 14.2. The van der Waals surface area contributed by atoms with E-state index in [1.807, 2.05) is 0 Å². The number of benzene rings is 5. The molecule has 0 atom stereocenters. The van der Waals surface area contributed by atoms with Crippen LogP contribution >= 0.6 is 0 Å². The fourth-order valence-electron chi connectivity index (χ4n) is 7.16. The van der Waals surface area contributed by atoms with Crippen LogP contribution in [0.1, 0.15) is 60.4 Å². The van der Waals surface area contributed by atoms with Crippen molar-refractivity contribution in [3.63, 3.8) is 0 Å². The van der Waals surface area contributed by atoms with E-state index in [9.17, 15) is 0 Å². The molecule has 0 spiro atoms. The van der Waals surface area contributed by atoms with Crippen LogP contribution in [0.25, 0.3) is 44.3 Å². The molecule has 0 aliphatic carbocycles. The van der Waals surface area contributed by atoms with Crippen molar-refractivity contribution < 1.29 is 0 Å². The van der Waals surface area contributed by atoms with Gasteiger partial charge in [0, 0.05) is 39.5 Å². The van der Waals surface area contributed by atoms with Crippen LogP contribution in [0.3, 0.4) is 0 Å². The molecule has 240 valence electrons. The molecule has 7 aromatic rings. The Morgan fingerprint density at radius 3 is 1.56 bits per heavy atom. The van der Waals surface area contributed by atoms with Crippen molar-refractivity contribution in [3.8, 4) is 22.5 Å². The molecule has 7 rings (SSSR count). The van der Waals surface area contributed by atoms with Gasteiger partial charge in [0.1, 0.15) is 0 Å². The highest BCUT2D eigenvalue weighted by Gasteiger charge is 2.10. The smallest absolute Gasteiger partial charge is 0.0709 e. The highest BCUT2D eigenvalue weighted by molar-refractivity contribution is 6.07. The number of fused-ring (bicyclic) bond motifs is 3. The summed E-state index contributed by atoms with van der Waals surface area (Å²) in [6.45, 7) is 5.44. The predicted octanol–water partition coefficient (Wildman–Crippen LogP) is 12.0. The molecule has 0 aliphatic rings. The van der Waals surface area contributed by atoms with Crippen molar-refractivity contribution in [2.24, 2.45) is 0 Å². The minimum Gasteiger partial charge on any atom is -0.340 e. The predicted molar refractivity (Wildman–Crippen MR) is 205 cm³/mol. The second kappa shape index (κ2) is 14.9. The zero-order valence-electron chi connectivity index (χ0n) is 28.5. The van der Waals surface area contributed by atoms with Gasteiger partial charge in [0.15, 0.2) is 0 Å². The summed E-state index contributed by atoms with van der Waals surface area (Å²) < 4.78 is 2.52. The Balaban J connectivity index is 0.993. The van der Waals surface area contributed by atoms with E-state index in [2.05, 4.69) is 152 Å². The fraction of sp³-hybridized carbons (Fsp3) is 0.239. The summed E-state index contributed by atoms with van der Waals surface area (Å²) in [4.78, 5) is 4.97. The van der Waals surface area contributed by atoms with E-state index in [1.165, 1.54) is 74.4 Å². The van der Waals surface area contributed by atoms with Crippen LogP contribution in [0, 0.1) is 6.92 Å². The first kappa shape index (κ1) is 31.6. The third-order valence-electron chi connectivity index (χ3n) is 9.74. The average molecular weight is 627 g/mol. The Morgan fingerprint density at radius 1 is 0.479 bits per heavy atom. The molecule has 0 saturated heterocycles. The minimum atomic E-state index is 1.02. The second-order valence-corrected chi connectivity index (χ2v) is 13.4. The molecule has 0 unspecified atom stereocenters. The van der Waals surface area contributed by atoms with Crippen LogP contribution in [-0.2, 0) is 32.2 Å². The van der Waals surface area contributed by atoms with E-state index in [0.717, 1.165) is 55.6 Å². The van der Waals surface area contributed by atoms with Gasteiger partial charge in [-0.25, -0.2) is 4.98 Å². The highest BCUT2D eigenvalue weighted by atomic mass is 15.0. The van der Waals surface area contributed by atoms with Crippen molar-refractivity contribution in [3.05, 3.63) is 161 Å². The van der Waals surface area contributed by atoms with E-state index in [4.69, 9.17) is 4.98 Å². The molecule has 48 heavy (non-hydrogen) atoms. The average Bonchev–Trinajstić information content (AvgIpc) is 3.45. The number of unbranched alkanes of at least 4 members (excludes halogenated alkanes) is 1. The number of para-hydroxylation sites is 2. The molecule has 0 N–H and O–H groups in total. The largest absolute Gasteiger partial charge is 0.340 e. The molecule has 2 aromatic heterocycles. The zero-order chi connectivity index (χ0) is 32.7. The van der Waals surface area contributed by atoms with Crippen molar-refractivity contribution in [1.82, 2.24) is 9.55 Å². The van der Waals surface area contributed by atoms with Crippen molar-refractivity contribution in [2.75, 3.05) is 0 Å². The Kier molecular flexibility index (Phi) is 9.80. The first-order valence-electron chi connectivity index (χ1n) is 17.9. The van der Waals surface area contributed by atoms with Gasteiger partial charge in [-0.3, -0.25) is 0 Å². The quantitative estimate of drug-likeness (QED) is 0.124. The number of hydrogen-bond donors (Lipinski definition) is 0. The molecular formula is C46H46N2. The SMILES string of the molecule is CCCCc1cc(CCCc2ccc(-c3cccc(-c4ccc(C)cc4)n3)cc2)cc(CCCn2c3ccccc3c3ccccc32)c1. The lowest BCUT2D eigenvalue weighted by Gasteiger charge is -2.12. The Hall–Kier alpha value is -4.95. The van der Waals surface area contributed by atoms with Crippen LogP contribution in [-0.4, -0.2) is 9.55 Å². The summed E-state index contributed by atoms with van der Waals surface area (Å²) in [5, 5.41) is 2.71. The van der Waals surface area contributed by atoms with Gasteiger partial charge in [-0.05, 0) is 98.4 Å². The molecule has 2 heterocycles. The van der Waals surface area contributed by atoms with Gasteiger partial charge in [0.25, 0.3) is 0 Å². The molecule has 5 aromatic carbocycles. The maximum atomic E-state index is 4.97. The molecular weight excluding hydrogens is 581 g/mol. The molecule has 0 aliphatic heterocycles. The monoisotopic (exact) mass is 626 g/mol. The Morgan fingerprint density at radius 2 is 0.979 bits per heavy atom. The summed E-state index contributed by atoms with van der Waals surface area (Å²) in [7, 11) is 0. The molecule has 0 radical (unpaired) electrons. The first-order chi connectivity index (χ1) is 23.6. The molecule has 0 fully saturated rings. The van der Waals surface area contributed by atoms with E-state index in [1.54, 1.807) is 0 Å². The third-order valence-corrected chi connectivity index (χ3v) is 9.74. The van der Waals surface area contributed by atoms with Gasteiger partial charge in [0.05, 0.1) is 11.4 Å². The highest BCUT2D eigenvalue weighted by Crippen LogP contribution is 2.29. The molecule has 2 nitrogen and oxygen atoms in total. The lowest BCUT2D eigenvalue weighted by Crippen LogP contribution is -2.01. The number of rotatable bonds is 13. The van der Waals surface area contributed by atoms with Crippen LogP contribution in [0.5, 0.6) is 0 Å². The van der Waals surface area contributed by atoms with Gasteiger partial charge in [-0.2, -0.15) is 0 Å². The van der Waals surface area contributed by atoms with E-state index < -0.39 is 0 Å². The van der Waals surface area contributed by atoms with E-state index >= 15 is 0 Å². The van der Waals surface area contributed by atoms with Gasteiger partial charge >= 0.3 is 0 Å². The number of aryl methyl sites for hydroxylation is 6. The maximum Gasteiger partial charge on any atom is 0.0709 e. The van der Waals surface area contributed by atoms with Crippen LogP contribution in [0.4, 0.5) is 0 Å². The maximum absolute atomic E-state index is 4.97. The van der Waals surface area contributed by atoms with Gasteiger partial charge in [0.2, 0.25) is 0 Å². The molecule has 0 bridgehead atoms. The molecule has 0 amide bonds. The van der Waals surface area contributed by atoms with Crippen LogP contribution in [0.15, 0.2) is 133 Å². The Labute approximate surface area is 286 Å². The van der Waals surface area contributed by atoms with Crippen LogP contribution < -0.4 is 0 Å². The first-order valence-corrected chi connectivity index (χ1v) is 17.9. The number of nitrogens with zero attached hydrogens (tertiary/aromatic N) is 2. The summed E-state index contributed by atoms with van der Waals surface area (Å²) in [5.74, 6) is 0.